The van der Waals surface area contributed by atoms with Gasteiger partial charge in [-0.1, -0.05) is 24.3 Å². The van der Waals surface area contributed by atoms with E-state index in [2.05, 4.69) is 11.0 Å². The summed E-state index contributed by atoms with van der Waals surface area (Å²) >= 11 is 0. The summed E-state index contributed by atoms with van der Waals surface area (Å²) in [5, 5.41) is 9.34. The van der Waals surface area contributed by atoms with Crippen LogP contribution in [0.5, 0.6) is 5.75 Å². The molecule has 0 radical (unpaired) electrons. The fourth-order valence-electron chi connectivity index (χ4n) is 2.86. The summed E-state index contributed by atoms with van der Waals surface area (Å²) in [4.78, 5) is 13.6. The standard InChI is InChI=1S/C18H19NO3/c1-12-7-8-17-16(9-12)19(10-13(2)22-17)11-14-5-3-4-6-15(14)18(20)21/h3-9,13H,10-11H2,1-2H3,(H,20,21). The molecule has 1 unspecified atom stereocenters. The number of anilines is 1. The van der Waals surface area contributed by atoms with E-state index in [0.29, 0.717) is 12.1 Å². The predicted octanol–water partition coefficient (Wildman–Crippen LogP) is 3.48. The summed E-state index contributed by atoms with van der Waals surface area (Å²) in [5.74, 6) is -0.0291. The van der Waals surface area contributed by atoms with Crippen molar-refractivity contribution in [2.24, 2.45) is 0 Å². The third kappa shape index (κ3) is 2.77. The first kappa shape index (κ1) is 14.4. The number of nitrogens with zero attached hydrogens (tertiary/aromatic N) is 1. The van der Waals surface area contributed by atoms with Crippen molar-refractivity contribution in [1.82, 2.24) is 0 Å². The molecule has 0 aliphatic carbocycles. The Bertz CT molecular complexity index is 711. The van der Waals surface area contributed by atoms with Crippen LogP contribution in [0.4, 0.5) is 5.69 Å². The second-order valence-electron chi connectivity index (χ2n) is 5.74. The highest BCUT2D eigenvalue weighted by Crippen LogP contribution is 2.35. The predicted molar refractivity (Wildman–Crippen MR) is 85.7 cm³/mol. The minimum atomic E-state index is -0.888. The Kier molecular flexibility index (Phi) is 3.75. The van der Waals surface area contributed by atoms with Gasteiger partial charge in [-0.2, -0.15) is 0 Å². The maximum atomic E-state index is 11.4. The van der Waals surface area contributed by atoms with E-state index in [4.69, 9.17) is 4.74 Å². The van der Waals surface area contributed by atoms with E-state index >= 15 is 0 Å². The molecular weight excluding hydrogens is 278 g/mol. The first-order chi connectivity index (χ1) is 10.5. The normalized spacial score (nSPS) is 16.8. The highest BCUT2D eigenvalue weighted by molar-refractivity contribution is 5.89. The van der Waals surface area contributed by atoms with Crippen LogP contribution in [0.15, 0.2) is 42.5 Å². The molecule has 0 aromatic heterocycles. The fraction of sp³-hybridized carbons (Fsp3) is 0.278. The minimum absolute atomic E-state index is 0.0761. The molecule has 2 aromatic rings. The number of rotatable bonds is 3. The third-order valence-corrected chi connectivity index (χ3v) is 3.87. The first-order valence-electron chi connectivity index (χ1n) is 7.38. The zero-order valence-corrected chi connectivity index (χ0v) is 12.7. The zero-order valence-electron chi connectivity index (χ0n) is 12.7. The Morgan fingerprint density at radius 3 is 2.86 bits per heavy atom. The molecule has 0 bridgehead atoms. The van der Waals surface area contributed by atoms with Gasteiger partial charge >= 0.3 is 5.97 Å². The fourth-order valence-corrected chi connectivity index (χ4v) is 2.86. The monoisotopic (exact) mass is 297 g/mol. The van der Waals surface area contributed by atoms with Gasteiger partial charge in [-0.15, -0.1) is 0 Å². The molecule has 3 rings (SSSR count). The Hall–Kier alpha value is -2.49. The molecule has 1 atom stereocenters. The van der Waals surface area contributed by atoms with Gasteiger partial charge in [-0.3, -0.25) is 0 Å². The summed E-state index contributed by atoms with van der Waals surface area (Å²) in [6.07, 6.45) is 0.0761. The van der Waals surface area contributed by atoms with Crippen LogP contribution in [0.1, 0.15) is 28.4 Å². The summed E-state index contributed by atoms with van der Waals surface area (Å²) in [5.41, 5.74) is 3.36. The Labute approximate surface area is 130 Å². The van der Waals surface area contributed by atoms with Crippen molar-refractivity contribution < 1.29 is 14.6 Å². The molecular formula is C18H19NO3. The average Bonchev–Trinajstić information content (AvgIpc) is 2.48. The Balaban J connectivity index is 1.97. The van der Waals surface area contributed by atoms with Gasteiger partial charge in [0.2, 0.25) is 0 Å². The molecule has 0 fully saturated rings. The van der Waals surface area contributed by atoms with E-state index in [1.54, 1.807) is 12.1 Å². The highest BCUT2D eigenvalue weighted by Gasteiger charge is 2.24. The van der Waals surface area contributed by atoms with Gasteiger partial charge in [0, 0.05) is 6.54 Å². The van der Waals surface area contributed by atoms with E-state index in [0.717, 1.165) is 29.1 Å². The molecule has 1 N–H and O–H groups in total. The molecule has 4 nitrogen and oxygen atoms in total. The summed E-state index contributed by atoms with van der Waals surface area (Å²) < 4.78 is 5.87. The number of benzene rings is 2. The summed E-state index contributed by atoms with van der Waals surface area (Å²) in [6, 6.07) is 13.3. The lowest BCUT2D eigenvalue weighted by Gasteiger charge is -2.35. The van der Waals surface area contributed by atoms with Crippen molar-refractivity contribution >= 4 is 11.7 Å². The molecule has 114 valence electrons. The zero-order chi connectivity index (χ0) is 15.7. The summed E-state index contributed by atoms with van der Waals surface area (Å²) in [6.45, 7) is 5.37. The molecule has 1 aliphatic heterocycles. The molecule has 1 aliphatic rings. The molecule has 0 saturated heterocycles. The van der Waals surface area contributed by atoms with E-state index in [1.165, 1.54) is 0 Å². The van der Waals surface area contributed by atoms with E-state index in [1.807, 2.05) is 38.1 Å². The van der Waals surface area contributed by atoms with E-state index < -0.39 is 5.97 Å². The van der Waals surface area contributed by atoms with Crippen molar-refractivity contribution in [2.75, 3.05) is 11.4 Å². The lowest BCUT2D eigenvalue weighted by atomic mass is 10.1. The van der Waals surface area contributed by atoms with Crippen molar-refractivity contribution in [3.63, 3.8) is 0 Å². The second-order valence-corrected chi connectivity index (χ2v) is 5.74. The van der Waals surface area contributed by atoms with E-state index in [9.17, 15) is 9.90 Å². The number of hydrogen-bond donors (Lipinski definition) is 1. The van der Waals surface area contributed by atoms with Gasteiger partial charge in [0.05, 0.1) is 17.8 Å². The average molecular weight is 297 g/mol. The number of aryl methyl sites for hydroxylation is 1. The van der Waals surface area contributed by atoms with Crippen LogP contribution in [0.25, 0.3) is 0 Å². The molecule has 2 aromatic carbocycles. The lowest BCUT2D eigenvalue weighted by Crippen LogP contribution is -2.38. The van der Waals surface area contributed by atoms with Crippen LogP contribution in [-0.2, 0) is 6.54 Å². The van der Waals surface area contributed by atoms with Crippen molar-refractivity contribution in [1.29, 1.82) is 0 Å². The van der Waals surface area contributed by atoms with Crippen LogP contribution in [0, 0.1) is 6.92 Å². The largest absolute Gasteiger partial charge is 0.487 e. The number of carbonyl (C=O) groups is 1. The van der Waals surface area contributed by atoms with Gasteiger partial charge in [-0.05, 0) is 43.2 Å². The molecule has 4 heteroatoms. The minimum Gasteiger partial charge on any atom is -0.487 e. The summed E-state index contributed by atoms with van der Waals surface area (Å²) in [7, 11) is 0. The van der Waals surface area contributed by atoms with Crippen molar-refractivity contribution in [2.45, 2.75) is 26.5 Å². The number of fused-ring (bicyclic) bond motifs is 1. The van der Waals surface area contributed by atoms with Crippen LogP contribution in [-0.4, -0.2) is 23.7 Å². The Morgan fingerprint density at radius 2 is 2.09 bits per heavy atom. The highest BCUT2D eigenvalue weighted by atomic mass is 16.5. The van der Waals surface area contributed by atoms with Gasteiger partial charge in [0.15, 0.2) is 0 Å². The van der Waals surface area contributed by atoms with Gasteiger partial charge in [0.1, 0.15) is 11.9 Å². The van der Waals surface area contributed by atoms with Crippen molar-refractivity contribution in [3.8, 4) is 5.75 Å². The Morgan fingerprint density at radius 1 is 1.32 bits per heavy atom. The number of ether oxygens (including phenoxy) is 1. The maximum absolute atomic E-state index is 11.4. The second kappa shape index (κ2) is 5.72. The number of hydrogen-bond acceptors (Lipinski definition) is 3. The molecule has 1 heterocycles. The van der Waals surface area contributed by atoms with Crippen LogP contribution < -0.4 is 9.64 Å². The van der Waals surface area contributed by atoms with E-state index in [-0.39, 0.29) is 6.10 Å². The number of aromatic carboxylic acids is 1. The molecule has 0 amide bonds. The topological polar surface area (TPSA) is 49.8 Å². The lowest BCUT2D eigenvalue weighted by molar-refractivity contribution is 0.0695. The first-order valence-corrected chi connectivity index (χ1v) is 7.38. The quantitative estimate of drug-likeness (QED) is 0.942. The van der Waals surface area contributed by atoms with Gasteiger partial charge in [-0.25, -0.2) is 4.79 Å². The van der Waals surface area contributed by atoms with Gasteiger partial charge < -0.3 is 14.7 Å². The molecule has 0 spiro atoms. The third-order valence-electron chi connectivity index (χ3n) is 3.87. The van der Waals surface area contributed by atoms with Crippen LogP contribution >= 0.6 is 0 Å². The maximum Gasteiger partial charge on any atom is 0.336 e. The van der Waals surface area contributed by atoms with Crippen LogP contribution in [0.2, 0.25) is 0 Å². The van der Waals surface area contributed by atoms with Gasteiger partial charge in [0.25, 0.3) is 0 Å². The number of carboxylic acids is 1. The number of carboxylic acid groups (broad SMARTS) is 1. The SMILES string of the molecule is Cc1ccc2c(c1)N(Cc1ccccc1C(=O)O)CC(C)O2. The van der Waals surface area contributed by atoms with Crippen LogP contribution in [0.3, 0.4) is 0 Å². The smallest absolute Gasteiger partial charge is 0.336 e. The molecule has 22 heavy (non-hydrogen) atoms. The van der Waals surface area contributed by atoms with Crippen molar-refractivity contribution in [3.05, 3.63) is 59.2 Å². The molecule has 0 saturated carbocycles.